The summed E-state index contributed by atoms with van der Waals surface area (Å²) in [6.45, 7) is 1.83. The second kappa shape index (κ2) is 5.36. The van der Waals surface area contributed by atoms with Gasteiger partial charge in [-0.1, -0.05) is 24.6 Å². The molecule has 94 valence electrons. The van der Waals surface area contributed by atoms with Gasteiger partial charge in [-0.3, -0.25) is 9.78 Å². The Kier molecular flexibility index (Phi) is 3.82. The molecule has 0 aliphatic carbocycles. The van der Waals surface area contributed by atoms with Crippen molar-refractivity contribution in [1.29, 1.82) is 0 Å². The largest absolute Gasteiger partial charge is 0.469 e. The summed E-state index contributed by atoms with van der Waals surface area (Å²) in [5.41, 5.74) is 1.76. The summed E-state index contributed by atoms with van der Waals surface area (Å²) in [5.74, 6) is -0.403. The van der Waals surface area contributed by atoms with E-state index in [4.69, 9.17) is 16.3 Å². The van der Waals surface area contributed by atoms with Crippen molar-refractivity contribution in [2.24, 2.45) is 5.92 Å². The minimum atomic E-state index is -0.215. The van der Waals surface area contributed by atoms with E-state index in [0.717, 1.165) is 16.6 Å². The molecular weight excluding hydrogens is 250 g/mol. The van der Waals surface area contributed by atoms with Gasteiger partial charge in [0.2, 0.25) is 0 Å². The lowest BCUT2D eigenvalue weighted by atomic mass is 10.0. The molecule has 0 fully saturated rings. The normalized spacial score (nSPS) is 12.4. The molecule has 0 radical (unpaired) electrons. The van der Waals surface area contributed by atoms with Crippen LogP contribution in [0.4, 0.5) is 0 Å². The van der Waals surface area contributed by atoms with Gasteiger partial charge in [0, 0.05) is 22.5 Å². The number of carbonyl (C=O) groups is 1. The van der Waals surface area contributed by atoms with Crippen LogP contribution in [0.2, 0.25) is 5.02 Å². The highest BCUT2D eigenvalue weighted by Crippen LogP contribution is 2.19. The van der Waals surface area contributed by atoms with Crippen LogP contribution in [0.5, 0.6) is 0 Å². The lowest BCUT2D eigenvalue weighted by Gasteiger charge is -2.09. The van der Waals surface area contributed by atoms with Crippen molar-refractivity contribution in [3.63, 3.8) is 0 Å². The fraction of sp³-hybridized carbons (Fsp3) is 0.286. The summed E-state index contributed by atoms with van der Waals surface area (Å²) in [5, 5.41) is 1.69. The zero-order chi connectivity index (χ0) is 13.1. The Morgan fingerprint density at radius 2 is 2.17 bits per heavy atom. The fourth-order valence-corrected chi connectivity index (χ4v) is 2.03. The van der Waals surface area contributed by atoms with Crippen molar-refractivity contribution in [1.82, 2.24) is 4.98 Å². The van der Waals surface area contributed by atoms with Gasteiger partial charge in [0.15, 0.2) is 0 Å². The molecule has 4 heteroatoms. The Balaban J connectivity index is 2.25. The molecule has 18 heavy (non-hydrogen) atoms. The molecule has 3 nitrogen and oxygen atoms in total. The van der Waals surface area contributed by atoms with Crippen LogP contribution in [0.15, 0.2) is 30.3 Å². The SMILES string of the molecule is COC(=O)C(C)Cc1ccc2cc(Cl)ccc2n1. The Labute approximate surface area is 111 Å². The zero-order valence-electron chi connectivity index (χ0n) is 10.3. The first kappa shape index (κ1) is 12.8. The average Bonchev–Trinajstić information content (AvgIpc) is 2.38. The molecule has 2 aromatic rings. The van der Waals surface area contributed by atoms with Gasteiger partial charge < -0.3 is 4.74 Å². The maximum absolute atomic E-state index is 11.4. The number of hydrogen-bond donors (Lipinski definition) is 0. The van der Waals surface area contributed by atoms with Crippen LogP contribution < -0.4 is 0 Å². The molecule has 1 heterocycles. The third-order valence-electron chi connectivity index (χ3n) is 2.83. The Hall–Kier alpha value is -1.61. The van der Waals surface area contributed by atoms with Crippen molar-refractivity contribution < 1.29 is 9.53 Å². The van der Waals surface area contributed by atoms with Crippen molar-refractivity contribution in [3.05, 3.63) is 41.0 Å². The summed E-state index contributed by atoms with van der Waals surface area (Å²) in [4.78, 5) is 15.9. The van der Waals surface area contributed by atoms with Gasteiger partial charge in [-0.2, -0.15) is 0 Å². The quantitative estimate of drug-likeness (QED) is 0.798. The van der Waals surface area contributed by atoms with Crippen molar-refractivity contribution in [2.45, 2.75) is 13.3 Å². The van der Waals surface area contributed by atoms with Gasteiger partial charge in [-0.25, -0.2) is 0 Å². The molecule has 0 aliphatic rings. The van der Waals surface area contributed by atoms with Crippen LogP contribution in [-0.2, 0) is 16.0 Å². The number of pyridine rings is 1. The second-order valence-corrected chi connectivity index (χ2v) is 4.70. The summed E-state index contributed by atoms with van der Waals surface area (Å²) < 4.78 is 4.70. The van der Waals surface area contributed by atoms with E-state index in [1.807, 2.05) is 37.3 Å². The number of nitrogens with zero attached hydrogens (tertiary/aromatic N) is 1. The standard InChI is InChI=1S/C14H14ClNO2/c1-9(14(17)18-2)7-12-5-3-10-8-11(15)4-6-13(10)16-12/h3-6,8-9H,7H2,1-2H3. The third kappa shape index (κ3) is 2.79. The fourth-order valence-electron chi connectivity index (χ4n) is 1.85. The highest BCUT2D eigenvalue weighted by atomic mass is 35.5. The van der Waals surface area contributed by atoms with Crippen molar-refractivity contribution in [3.8, 4) is 0 Å². The molecule has 0 saturated heterocycles. The summed E-state index contributed by atoms with van der Waals surface area (Å²) >= 11 is 5.91. The number of rotatable bonds is 3. The highest BCUT2D eigenvalue weighted by molar-refractivity contribution is 6.31. The maximum Gasteiger partial charge on any atom is 0.308 e. The van der Waals surface area contributed by atoms with Gasteiger partial charge in [-0.05, 0) is 24.3 Å². The minimum Gasteiger partial charge on any atom is -0.469 e. The van der Waals surface area contributed by atoms with Crippen LogP contribution in [-0.4, -0.2) is 18.1 Å². The third-order valence-corrected chi connectivity index (χ3v) is 3.06. The van der Waals surface area contributed by atoms with Gasteiger partial charge in [0.1, 0.15) is 0 Å². The molecule has 2 rings (SSSR count). The van der Waals surface area contributed by atoms with E-state index < -0.39 is 0 Å². The minimum absolute atomic E-state index is 0.188. The zero-order valence-corrected chi connectivity index (χ0v) is 11.1. The van der Waals surface area contributed by atoms with Gasteiger partial charge >= 0.3 is 5.97 Å². The number of hydrogen-bond acceptors (Lipinski definition) is 3. The summed E-state index contributed by atoms with van der Waals surface area (Å²) in [7, 11) is 1.40. The molecule has 0 saturated carbocycles. The molecule has 1 aromatic carbocycles. The second-order valence-electron chi connectivity index (χ2n) is 4.27. The van der Waals surface area contributed by atoms with Gasteiger partial charge in [0.05, 0.1) is 18.5 Å². The van der Waals surface area contributed by atoms with Gasteiger partial charge in [0.25, 0.3) is 0 Å². The molecule has 0 spiro atoms. The predicted octanol–water partition coefficient (Wildman–Crippen LogP) is 3.24. The molecule has 1 atom stereocenters. The van der Waals surface area contributed by atoms with E-state index in [9.17, 15) is 4.79 Å². The molecule has 1 aromatic heterocycles. The number of ether oxygens (including phenoxy) is 1. The lowest BCUT2D eigenvalue weighted by molar-refractivity contribution is -0.144. The van der Waals surface area contributed by atoms with Crippen LogP contribution in [0.3, 0.4) is 0 Å². The van der Waals surface area contributed by atoms with Crippen LogP contribution in [0.25, 0.3) is 10.9 Å². The first-order valence-corrected chi connectivity index (χ1v) is 6.11. The number of halogens is 1. The number of carbonyl (C=O) groups excluding carboxylic acids is 1. The van der Waals surface area contributed by atoms with E-state index in [1.54, 1.807) is 0 Å². The molecule has 1 unspecified atom stereocenters. The Morgan fingerprint density at radius 1 is 1.39 bits per heavy atom. The number of benzene rings is 1. The molecule has 0 aliphatic heterocycles. The Bertz CT molecular complexity index is 583. The monoisotopic (exact) mass is 263 g/mol. The van der Waals surface area contributed by atoms with Crippen LogP contribution in [0, 0.1) is 5.92 Å². The van der Waals surface area contributed by atoms with Crippen molar-refractivity contribution >= 4 is 28.5 Å². The van der Waals surface area contributed by atoms with Gasteiger partial charge in [-0.15, -0.1) is 0 Å². The van der Waals surface area contributed by atoms with E-state index in [1.165, 1.54) is 7.11 Å². The van der Waals surface area contributed by atoms with Crippen LogP contribution >= 0.6 is 11.6 Å². The maximum atomic E-state index is 11.4. The topological polar surface area (TPSA) is 39.2 Å². The first-order chi connectivity index (χ1) is 8.60. The molecule has 0 N–H and O–H groups in total. The smallest absolute Gasteiger partial charge is 0.308 e. The lowest BCUT2D eigenvalue weighted by Crippen LogP contribution is -2.15. The Morgan fingerprint density at radius 3 is 2.89 bits per heavy atom. The highest BCUT2D eigenvalue weighted by Gasteiger charge is 2.14. The molecule has 0 amide bonds. The number of methoxy groups -OCH3 is 1. The number of aromatic nitrogens is 1. The first-order valence-electron chi connectivity index (χ1n) is 5.73. The molecule has 0 bridgehead atoms. The average molecular weight is 264 g/mol. The summed E-state index contributed by atoms with van der Waals surface area (Å²) in [6.07, 6.45) is 0.575. The van der Waals surface area contributed by atoms with E-state index >= 15 is 0 Å². The van der Waals surface area contributed by atoms with E-state index in [0.29, 0.717) is 11.4 Å². The predicted molar refractivity (Wildman–Crippen MR) is 71.6 cm³/mol. The molecular formula is C14H14ClNO2. The van der Waals surface area contributed by atoms with E-state index in [-0.39, 0.29) is 11.9 Å². The summed E-state index contributed by atoms with van der Waals surface area (Å²) in [6, 6.07) is 9.44. The number of esters is 1. The number of fused-ring (bicyclic) bond motifs is 1. The van der Waals surface area contributed by atoms with Crippen LogP contribution in [0.1, 0.15) is 12.6 Å². The van der Waals surface area contributed by atoms with E-state index in [2.05, 4.69) is 4.98 Å². The van der Waals surface area contributed by atoms with Crippen molar-refractivity contribution in [2.75, 3.05) is 7.11 Å².